The van der Waals surface area contributed by atoms with Crippen LogP contribution >= 0.6 is 0 Å². The second-order valence-corrected chi connectivity index (χ2v) is 6.56. The van der Waals surface area contributed by atoms with Crippen LogP contribution in [0.1, 0.15) is 46.5 Å². The number of carbonyl (C=O) groups excluding carboxylic acids is 1. The minimum Gasteiger partial charge on any atom is -0.394 e. The van der Waals surface area contributed by atoms with E-state index in [-0.39, 0.29) is 29.9 Å². The van der Waals surface area contributed by atoms with Gasteiger partial charge in [0.1, 0.15) is 0 Å². The van der Waals surface area contributed by atoms with Gasteiger partial charge in [-0.05, 0) is 31.1 Å². The van der Waals surface area contributed by atoms with Crippen molar-refractivity contribution >= 4 is 5.91 Å². The molecule has 18 heavy (non-hydrogen) atoms. The number of amides is 1. The van der Waals surface area contributed by atoms with Gasteiger partial charge in [0.2, 0.25) is 5.91 Å². The fraction of sp³-hybridized carbons (Fsp3) is 0.929. The number of carbonyl (C=O) groups is 1. The maximum atomic E-state index is 12.5. The van der Waals surface area contributed by atoms with Gasteiger partial charge in [0.25, 0.3) is 0 Å². The number of piperidine rings is 1. The summed E-state index contributed by atoms with van der Waals surface area (Å²) in [7, 11) is 0. The zero-order chi connectivity index (χ0) is 13.8. The van der Waals surface area contributed by atoms with E-state index in [1.165, 1.54) is 0 Å². The lowest BCUT2D eigenvalue weighted by Gasteiger charge is -2.38. The first-order valence-corrected chi connectivity index (χ1v) is 7.00. The topological polar surface area (TPSA) is 66.6 Å². The van der Waals surface area contributed by atoms with Crippen LogP contribution in [-0.2, 0) is 4.79 Å². The van der Waals surface area contributed by atoms with Crippen LogP contribution in [-0.4, -0.2) is 41.7 Å². The first-order valence-electron chi connectivity index (χ1n) is 7.00. The Labute approximate surface area is 111 Å². The number of aliphatic hydroxyl groups is 1. The third kappa shape index (κ3) is 4.25. The third-order valence-corrected chi connectivity index (χ3v) is 3.61. The van der Waals surface area contributed by atoms with Crippen LogP contribution in [0, 0.1) is 11.3 Å². The molecule has 2 atom stereocenters. The molecule has 4 nitrogen and oxygen atoms in total. The number of nitrogens with two attached hydrogens (primary N) is 1. The van der Waals surface area contributed by atoms with E-state index in [1.807, 2.05) is 4.90 Å². The fourth-order valence-electron chi connectivity index (χ4n) is 2.73. The number of aliphatic hydroxyl groups excluding tert-OH is 1. The zero-order valence-corrected chi connectivity index (χ0v) is 12.0. The molecule has 0 saturated carbocycles. The maximum Gasteiger partial charge on any atom is 0.227 e. The molecular formula is C14H28N2O2. The molecule has 1 aliphatic heterocycles. The molecule has 0 aliphatic carbocycles. The number of nitrogens with zero attached hydrogens (tertiary/aromatic N) is 1. The first-order chi connectivity index (χ1) is 8.39. The van der Waals surface area contributed by atoms with Crippen molar-refractivity contribution in [3.8, 4) is 0 Å². The lowest BCUT2D eigenvalue weighted by molar-refractivity contribution is -0.141. The molecule has 1 amide bonds. The summed E-state index contributed by atoms with van der Waals surface area (Å²) in [5, 5.41) is 9.37. The van der Waals surface area contributed by atoms with Crippen LogP contribution < -0.4 is 5.73 Å². The van der Waals surface area contributed by atoms with Gasteiger partial charge in [-0.15, -0.1) is 0 Å². The van der Waals surface area contributed by atoms with Gasteiger partial charge in [0.15, 0.2) is 0 Å². The fourth-order valence-corrected chi connectivity index (χ4v) is 2.73. The van der Waals surface area contributed by atoms with E-state index in [0.717, 1.165) is 32.2 Å². The zero-order valence-electron chi connectivity index (χ0n) is 12.0. The van der Waals surface area contributed by atoms with Gasteiger partial charge in [0, 0.05) is 13.1 Å². The number of likely N-dealkylation sites (tertiary alicyclic amines) is 1. The van der Waals surface area contributed by atoms with Crippen LogP contribution in [0.3, 0.4) is 0 Å². The molecular weight excluding hydrogens is 228 g/mol. The number of hydrogen-bond donors (Lipinski definition) is 2. The van der Waals surface area contributed by atoms with Gasteiger partial charge in [-0.25, -0.2) is 0 Å². The highest BCUT2D eigenvalue weighted by molar-refractivity contribution is 5.79. The molecule has 1 rings (SSSR count). The summed E-state index contributed by atoms with van der Waals surface area (Å²) < 4.78 is 0. The normalized spacial score (nSPS) is 22.9. The summed E-state index contributed by atoms with van der Waals surface area (Å²) in [6, 6.07) is 0.000248. The number of hydrogen-bond acceptors (Lipinski definition) is 3. The Hall–Kier alpha value is -0.610. The van der Waals surface area contributed by atoms with Crippen LogP contribution in [0.2, 0.25) is 0 Å². The standard InChI is InChI=1S/C14H28N2O2/c1-14(2,3)8-11(9-15)13(18)16-7-5-4-6-12(16)10-17/h11-12,17H,4-10,15H2,1-3H3. The van der Waals surface area contributed by atoms with Crippen molar-refractivity contribution in [2.24, 2.45) is 17.1 Å². The van der Waals surface area contributed by atoms with Crippen molar-refractivity contribution in [3.63, 3.8) is 0 Å². The third-order valence-electron chi connectivity index (χ3n) is 3.61. The Morgan fingerprint density at radius 3 is 2.61 bits per heavy atom. The lowest BCUT2D eigenvalue weighted by atomic mass is 9.83. The summed E-state index contributed by atoms with van der Waals surface area (Å²) >= 11 is 0. The van der Waals surface area contributed by atoms with E-state index in [1.54, 1.807) is 0 Å². The molecule has 0 spiro atoms. The van der Waals surface area contributed by atoms with Crippen molar-refractivity contribution in [3.05, 3.63) is 0 Å². The van der Waals surface area contributed by atoms with Crippen molar-refractivity contribution in [1.82, 2.24) is 4.90 Å². The predicted octanol–water partition coefficient (Wildman–Crippen LogP) is 1.37. The molecule has 0 aromatic carbocycles. The van der Waals surface area contributed by atoms with Gasteiger partial charge in [-0.1, -0.05) is 20.8 Å². The quantitative estimate of drug-likeness (QED) is 0.798. The molecule has 1 saturated heterocycles. The first kappa shape index (κ1) is 15.4. The van der Waals surface area contributed by atoms with Gasteiger partial charge in [0.05, 0.1) is 18.6 Å². The van der Waals surface area contributed by atoms with Gasteiger partial charge in [-0.3, -0.25) is 4.79 Å². The molecule has 1 fully saturated rings. The maximum absolute atomic E-state index is 12.5. The number of rotatable bonds is 4. The van der Waals surface area contributed by atoms with E-state index in [2.05, 4.69) is 20.8 Å². The van der Waals surface area contributed by atoms with Crippen LogP contribution in [0.5, 0.6) is 0 Å². The van der Waals surface area contributed by atoms with Crippen LogP contribution in [0.15, 0.2) is 0 Å². The average Bonchev–Trinajstić information content (AvgIpc) is 2.34. The average molecular weight is 256 g/mol. The highest BCUT2D eigenvalue weighted by atomic mass is 16.3. The SMILES string of the molecule is CC(C)(C)CC(CN)C(=O)N1CCCCC1CO. The Morgan fingerprint density at radius 1 is 1.44 bits per heavy atom. The Bertz CT molecular complexity index is 273. The molecule has 106 valence electrons. The van der Waals surface area contributed by atoms with Crippen molar-refractivity contribution < 1.29 is 9.90 Å². The summed E-state index contributed by atoms with van der Waals surface area (Å²) in [5.74, 6) is 0.0170. The second-order valence-electron chi connectivity index (χ2n) is 6.56. The molecule has 0 radical (unpaired) electrons. The second kappa shape index (κ2) is 6.53. The highest BCUT2D eigenvalue weighted by Crippen LogP contribution is 2.27. The van der Waals surface area contributed by atoms with Gasteiger partial charge >= 0.3 is 0 Å². The summed E-state index contributed by atoms with van der Waals surface area (Å²) in [6.45, 7) is 7.61. The smallest absolute Gasteiger partial charge is 0.227 e. The molecule has 1 aliphatic rings. The molecule has 1 heterocycles. The van der Waals surface area contributed by atoms with E-state index in [9.17, 15) is 9.90 Å². The lowest BCUT2D eigenvalue weighted by Crippen LogP contribution is -2.49. The predicted molar refractivity (Wildman–Crippen MR) is 73.1 cm³/mol. The summed E-state index contributed by atoms with van der Waals surface area (Å²) in [6.07, 6.45) is 3.85. The van der Waals surface area contributed by atoms with Crippen molar-refractivity contribution in [1.29, 1.82) is 0 Å². The van der Waals surface area contributed by atoms with E-state index in [0.29, 0.717) is 6.54 Å². The molecule has 4 heteroatoms. The van der Waals surface area contributed by atoms with E-state index >= 15 is 0 Å². The monoisotopic (exact) mass is 256 g/mol. The molecule has 0 bridgehead atoms. The summed E-state index contributed by atoms with van der Waals surface area (Å²) in [4.78, 5) is 14.4. The van der Waals surface area contributed by atoms with Gasteiger partial charge in [-0.2, -0.15) is 0 Å². The summed E-state index contributed by atoms with van der Waals surface area (Å²) in [5.41, 5.74) is 5.87. The molecule has 0 aromatic heterocycles. The molecule has 2 unspecified atom stereocenters. The largest absolute Gasteiger partial charge is 0.394 e. The van der Waals surface area contributed by atoms with Crippen LogP contribution in [0.25, 0.3) is 0 Å². The van der Waals surface area contributed by atoms with E-state index < -0.39 is 0 Å². The minimum atomic E-state index is -0.114. The minimum absolute atomic E-state index is 0.000248. The van der Waals surface area contributed by atoms with Crippen molar-refractivity contribution in [2.75, 3.05) is 19.7 Å². The van der Waals surface area contributed by atoms with E-state index in [4.69, 9.17) is 5.73 Å². The Kier molecular flexibility index (Phi) is 5.60. The molecule has 3 N–H and O–H groups in total. The molecule has 0 aromatic rings. The Morgan fingerprint density at radius 2 is 2.11 bits per heavy atom. The highest BCUT2D eigenvalue weighted by Gasteiger charge is 2.32. The van der Waals surface area contributed by atoms with Crippen LogP contribution in [0.4, 0.5) is 0 Å². The van der Waals surface area contributed by atoms with Crippen molar-refractivity contribution in [2.45, 2.75) is 52.5 Å². The Balaban J connectivity index is 2.69. The van der Waals surface area contributed by atoms with Gasteiger partial charge < -0.3 is 15.7 Å².